The Kier molecular flexibility index (Phi) is 12.5. The van der Waals surface area contributed by atoms with E-state index >= 15 is 0 Å². The third-order valence-corrected chi connectivity index (χ3v) is 16.9. The van der Waals surface area contributed by atoms with E-state index in [9.17, 15) is 4.79 Å². The van der Waals surface area contributed by atoms with E-state index in [2.05, 4.69) is 88.1 Å². The van der Waals surface area contributed by atoms with Crippen LogP contribution in [0.25, 0.3) is 0 Å². The maximum atomic E-state index is 11.5. The average Bonchev–Trinajstić information content (AvgIpc) is 2.65. The lowest BCUT2D eigenvalue weighted by molar-refractivity contribution is -0.110. The predicted molar refractivity (Wildman–Crippen MR) is 142 cm³/mol. The number of carbonyl (C=O) groups is 1. The summed E-state index contributed by atoms with van der Waals surface area (Å²) in [4.78, 5) is 11.5. The van der Waals surface area contributed by atoms with Crippen LogP contribution in [-0.2, 0) is 13.6 Å². The molecule has 0 aliphatic carbocycles. The highest BCUT2D eigenvalue weighted by atomic mass is 28.4. The van der Waals surface area contributed by atoms with Gasteiger partial charge in [0.2, 0.25) is 0 Å². The fraction of sp³-hybridized carbons (Fsp3) is 0.808. The summed E-state index contributed by atoms with van der Waals surface area (Å²) in [6, 6.07) is 3.23. The molecule has 0 N–H and O–H groups in total. The van der Waals surface area contributed by atoms with Crippen molar-refractivity contribution in [2.45, 2.75) is 123 Å². The molecule has 0 saturated carbocycles. The summed E-state index contributed by atoms with van der Waals surface area (Å²) in [6.45, 7) is 29.7. The van der Waals surface area contributed by atoms with Gasteiger partial charge in [-0.15, -0.1) is 0 Å². The lowest BCUT2D eigenvalue weighted by Crippen LogP contribution is -2.46. The highest BCUT2D eigenvalue weighted by Crippen LogP contribution is 2.37. The predicted octanol–water partition coefficient (Wildman–Crippen LogP) is 8.30. The fourth-order valence-electron chi connectivity index (χ4n) is 3.69. The maximum absolute atomic E-state index is 11.5. The van der Waals surface area contributed by atoms with E-state index in [1.807, 2.05) is 0 Å². The molecule has 31 heavy (non-hydrogen) atoms. The smallest absolute Gasteiger partial charge is 0.193 e. The summed E-state index contributed by atoms with van der Waals surface area (Å²) < 4.78 is 13.1. The number of rotatable bonds is 15. The highest BCUT2D eigenvalue weighted by molar-refractivity contribution is 6.74. The third kappa shape index (κ3) is 9.49. The first-order valence-electron chi connectivity index (χ1n) is 12.3. The number of aldehydes is 1. The minimum absolute atomic E-state index is 0.247. The zero-order chi connectivity index (χ0) is 24.5. The first kappa shape index (κ1) is 30.5. The van der Waals surface area contributed by atoms with Crippen molar-refractivity contribution < 1.29 is 13.6 Å². The molecule has 0 rings (SSSR count). The molecule has 0 radical (unpaired) electrons. The molecular weight excluding hydrogens is 416 g/mol. The van der Waals surface area contributed by atoms with E-state index in [1.165, 1.54) is 0 Å². The van der Waals surface area contributed by atoms with Gasteiger partial charge in [0.25, 0.3) is 0 Å². The Labute approximate surface area is 196 Å². The molecule has 0 amide bonds. The van der Waals surface area contributed by atoms with Gasteiger partial charge in [-0.25, -0.2) is 0 Å². The number of carbonyl (C=O) groups excluding carboxylic acids is 1. The van der Waals surface area contributed by atoms with Crippen LogP contribution in [0.1, 0.15) is 81.6 Å². The van der Waals surface area contributed by atoms with Gasteiger partial charge in [0.15, 0.2) is 16.6 Å². The van der Waals surface area contributed by atoms with Crippen molar-refractivity contribution in [2.75, 3.05) is 6.61 Å². The third-order valence-electron chi connectivity index (χ3n) is 7.59. The van der Waals surface area contributed by atoms with Crippen molar-refractivity contribution in [1.82, 2.24) is 0 Å². The van der Waals surface area contributed by atoms with E-state index in [0.717, 1.165) is 55.0 Å². The van der Waals surface area contributed by atoms with Crippen LogP contribution in [0.4, 0.5) is 0 Å². The van der Waals surface area contributed by atoms with Gasteiger partial charge in [-0.1, -0.05) is 66.7 Å². The van der Waals surface area contributed by atoms with Crippen LogP contribution in [0.2, 0.25) is 36.3 Å². The molecule has 5 heteroatoms. The Morgan fingerprint density at radius 1 is 1.06 bits per heavy atom. The van der Waals surface area contributed by atoms with Crippen molar-refractivity contribution in [3.05, 3.63) is 23.8 Å². The Morgan fingerprint density at radius 3 is 2.00 bits per heavy atom. The largest absolute Gasteiger partial charge is 0.417 e. The van der Waals surface area contributed by atoms with Gasteiger partial charge in [-0.05, 0) is 74.4 Å². The first-order chi connectivity index (χ1) is 14.1. The molecule has 0 spiro atoms. The quantitative estimate of drug-likeness (QED) is 0.138. The van der Waals surface area contributed by atoms with Crippen molar-refractivity contribution in [1.29, 1.82) is 0 Å². The van der Waals surface area contributed by atoms with Gasteiger partial charge in [-0.3, -0.25) is 0 Å². The molecule has 0 bridgehead atoms. The Bertz CT molecular complexity index is 592. The fourth-order valence-corrected chi connectivity index (χ4v) is 7.88. The minimum atomic E-state index is -1.83. The van der Waals surface area contributed by atoms with Gasteiger partial charge in [0, 0.05) is 13.0 Å². The molecule has 182 valence electrons. The van der Waals surface area contributed by atoms with E-state index < -0.39 is 22.2 Å². The van der Waals surface area contributed by atoms with Crippen LogP contribution in [0.5, 0.6) is 0 Å². The Morgan fingerprint density at radius 2 is 1.58 bits per heavy atom. The zero-order valence-electron chi connectivity index (χ0n) is 22.6. The van der Waals surface area contributed by atoms with Crippen LogP contribution < -0.4 is 0 Å². The average molecular weight is 469 g/mol. The molecule has 0 saturated heterocycles. The Balaban J connectivity index is 5.12. The van der Waals surface area contributed by atoms with Gasteiger partial charge >= 0.3 is 0 Å². The van der Waals surface area contributed by atoms with Crippen LogP contribution in [0, 0.1) is 5.92 Å². The summed E-state index contributed by atoms with van der Waals surface area (Å²) >= 11 is 0. The summed E-state index contributed by atoms with van der Waals surface area (Å²) in [5, 5.41) is 0.247. The van der Waals surface area contributed by atoms with Crippen molar-refractivity contribution in [2.24, 2.45) is 5.92 Å². The van der Waals surface area contributed by atoms with Gasteiger partial charge < -0.3 is 13.6 Å². The number of hydrogen-bond acceptors (Lipinski definition) is 3. The summed E-state index contributed by atoms with van der Waals surface area (Å²) in [7, 11) is -3.52. The molecule has 0 aromatic rings. The molecule has 0 aliphatic heterocycles. The SMILES string of the molecule is C=C(/C=C(\C)[C@@](C)(CC=O)O[Si](CC)(CC)CC)C[C@@H](C)CCO[Si](C)(C)C(C)(C)C. The number of hydrogen-bond donors (Lipinski definition) is 0. The van der Waals surface area contributed by atoms with Crippen molar-refractivity contribution in [3.8, 4) is 0 Å². The molecule has 0 aromatic heterocycles. The van der Waals surface area contributed by atoms with Gasteiger partial charge in [0.1, 0.15) is 6.29 Å². The molecule has 3 nitrogen and oxygen atoms in total. The lowest BCUT2D eigenvalue weighted by Gasteiger charge is -2.40. The van der Waals surface area contributed by atoms with Crippen molar-refractivity contribution in [3.63, 3.8) is 0 Å². The molecular formula is C26H52O3Si2. The minimum Gasteiger partial charge on any atom is -0.417 e. The molecule has 0 heterocycles. The maximum Gasteiger partial charge on any atom is 0.193 e. The molecule has 0 fully saturated rings. The van der Waals surface area contributed by atoms with E-state index in [-0.39, 0.29) is 5.04 Å². The number of allylic oxidation sites excluding steroid dienone is 2. The summed E-state index contributed by atoms with van der Waals surface area (Å²) in [6.07, 6.45) is 5.54. The summed E-state index contributed by atoms with van der Waals surface area (Å²) in [5.41, 5.74) is 1.68. The second-order valence-electron chi connectivity index (χ2n) is 11.1. The topological polar surface area (TPSA) is 35.5 Å². The lowest BCUT2D eigenvalue weighted by atomic mass is 9.90. The van der Waals surface area contributed by atoms with Gasteiger partial charge in [-0.2, -0.15) is 0 Å². The van der Waals surface area contributed by atoms with E-state index in [4.69, 9.17) is 8.85 Å². The van der Waals surface area contributed by atoms with Gasteiger partial charge in [0.05, 0.1) is 5.60 Å². The molecule has 2 atom stereocenters. The molecule has 0 aromatic carbocycles. The van der Waals surface area contributed by atoms with E-state index in [1.54, 1.807) is 0 Å². The van der Waals surface area contributed by atoms with Crippen LogP contribution in [0.3, 0.4) is 0 Å². The van der Waals surface area contributed by atoms with Crippen LogP contribution >= 0.6 is 0 Å². The normalized spacial score (nSPS) is 16.7. The van der Waals surface area contributed by atoms with Crippen LogP contribution in [0.15, 0.2) is 23.8 Å². The Hall–Kier alpha value is -0.496. The monoisotopic (exact) mass is 468 g/mol. The molecule has 0 unspecified atom stereocenters. The second kappa shape index (κ2) is 12.7. The standard InChI is InChI=1S/C26H52O3Si2/c1-13-31(14-2,15-3)29-26(10,17-18-27)24(6)21-23(5)20-22(4)16-19-28-30(11,12)25(7,8)9/h18,21-22H,5,13-17,19-20H2,1-4,6-12H3/b24-21+/t22-,26+/m0/s1. The highest BCUT2D eigenvalue weighted by Gasteiger charge is 2.39. The summed E-state index contributed by atoms with van der Waals surface area (Å²) in [5.74, 6) is 0.509. The van der Waals surface area contributed by atoms with Crippen molar-refractivity contribution >= 4 is 22.9 Å². The molecule has 0 aliphatic rings. The first-order valence-corrected chi connectivity index (χ1v) is 17.7. The second-order valence-corrected chi connectivity index (χ2v) is 20.6. The zero-order valence-corrected chi connectivity index (χ0v) is 24.6. The van der Waals surface area contributed by atoms with Crippen LogP contribution in [-0.4, -0.2) is 35.1 Å². The van der Waals surface area contributed by atoms with E-state index in [0.29, 0.717) is 12.3 Å².